The molecule has 0 saturated heterocycles. The van der Waals surface area contributed by atoms with E-state index in [1.807, 2.05) is 32.0 Å². The molecule has 0 atom stereocenters. The number of pyridine rings is 1. The number of aromatic nitrogens is 1. The van der Waals surface area contributed by atoms with Crippen LogP contribution >= 0.6 is 0 Å². The van der Waals surface area contributed by atoms with Crippen molar-refractivity contribution in [3.8, 4) is 11.5 Å². The number of carbonyl (C=O) groups is 2. The molecule has 1 aliphatic heterocycles. The maximum Gasteiger partial charge on any atom is 0.278 e. The summed E-state index contributed by atoms with van der Waals surface area (Å²) in [5.41, 5.74) is 2.63. The largest absolute Gasteiger partial charge is 0.497 e. The SMILES string of the molecule is COc1cccc(NC2=C(c3ccc(OC(C)C)cc3)C(=O)N(Cc3ccncc3)C2=O)c1. The number of benzene rings is 2. The molecule has 0 fully saturated rings. The molecule has 33 heavy (non-hydrogen) atoms. The summed E-state index contributed by atoms with van der Waals surface area (Å²) in [4.78, 5) is 32.1. The number of hydrogen-bond donors (Lipinski definition) is 1. The topological polar surface area (TPSA) is 80.8 Å². The Morgan fingerprint density at radius 1 is 0.939 bits per heavy atom. The van der Waals surface area contributed by atoms with Gasteiger partial charge in [-0.3, -0.25) is 19.5 Å². The van der Waals surface area contributed by atoms with Gasteiger partial charge in [-0.15, -0.1) is 0 Å². The van der Waals surface area contributed by atoms with Crippen LogP contribution in [0.4, 0.5) is 5.69 Å². The van der Waals surface area contributed by atoms with Crippen LogP contribution in [0.3, 0.4) is 0 Å². The van der Waals surface area contributed by atoms with Crippen LogP contribution in [-0.4, -0.2) is 34.9 Å². The third-order valence-corrected chi connectivity index (χ3v) is 5.11. The number of anilines is 1. The molecule has 7 nitrogen and oxygen atoms in total. The summed E-state index contributed by atoms with van der Waals surface area (Å²) in [6, 6.07) is 18.0. The molecular weight excluding hydrogens is 418 g/mol. The average Bonchev–Trinajstić information content (AvgIpc) is 3.04. The number of nitrogens with zero attached hydrogens (tertiary/aromatic N) is 2. The van der Waals surface area contributed by atoms with Gasteiger partial charge in [0.25, 0.3) is 11.8 Å². The Morgan fingerprint density at radius 3 is 2.33 bits per heavy atom. The molecule has 0 spiro atoms. The highest BCUT2D eigenvalue weighted by Crippen LogP contribution is 2.33. The van der Waals surface area contributed by atoms with Crippen molar-refractivity contribution in [3.05, 3.63) is 89.9 Å². The predicted molar refractivity (Wildman–Crippen MR) is 126 cm³/mol. The van der Waals surface area contributed by atoms with Crippen molar-refractivity contribution < 1.29 is 19.1 Å². The fourth-order valence-electron chi connectivity index (χ4n) is 3.59. The van der Waals surface area contributed by atoms with Gasteiger partial charge in [-0.2, -0.15) is 0 Å². The molecule has 1 aromatic heterocycles. The minimum atomic E-state index is -0.392. The van der Waals surface area contributed by atoms with Crippen molar-refractivity contribution in [1.82, 2.24) is 9.88 Å². The van der Waals surface area contributed by atoms with Crippen molar-refractivity contribution in [2.75, 3.05) is 12.4 Å². The second-order valence-electron chi connectivity index (χ2n) is 7.85. The first-order valence-electron chi connectivity index (χ1n) is 10.6. The molecule has 0 unspecified atom stereocenters. The third kappa shape index (κ3) is 4.87. The second-order valence-corrected chi connectivity index (χ2v) is 7.85. The molecule has 0 bridgehead atoms. The van der Waals surface area contributed by atoms with Crippen LogP contribution in [-0.2, 0) is 16.1 Å². The highest BCUT2D eigenvalue weighted by molar-refractivity contribution is 6.36. The molecule has 0 radical (unpaired) electrons. The van der Waals surface area contributed by atoms with E-state index in [1.165, 1.54) is 4.90 Å². The van der Waals surface area contributed by atoms with Gasteiger partial charge in [-0.25, -0.2) is 0 Å². The second kappa shape index (κ2) is 9.56. The molecule has 7 heteroatoms. The summed E-state index contributed by atoms with van der Waals surface area (Å²) < 4.78 is 11.0. The van der Waals surface area contributed by atoms with Crippen LogP contribution in [0.5, 0.6) is 11.5 Å². The molecule has 0 saturated carbocycles. The van der Waals surface area contributed by atoms with Crippen LogP contribution < -0.4 is 14.8 Å². The fourth-order valence-corrected chi connectivity index (χ4v) is 3.59. The minimum absolute atomic E-state index is 0.0332. The zero-order valence-corrected chi connectivity index (χ0v) is 18.7. The van der Waals surface area contributed by atoms with E-state index in [0.29, 0.717) is 28.3 Å². The number of amides is 2. The van der Waals surface area contributed by atoms with Crippen LogP contribution in [0, 0.1) is 0 Å². The van der Waals surface area contributed by atoms with Gasteiger partial charge < -0.3 is 14.8 Å². The van der Waals surface area contributed by atoms with E-state index in [2.05, 4.69) is 10.3 Å². The summed E-state index contributed by atoms with van der Waals surface area (Å²) >= 11 is 0. The van der Waals surface area contributed by atoms with Crippen molar-refractivity contribution in [2.45, 2.75) is 26.5 Å². The summed E-state index contributed by atoms with van der Waals surface area (Å²) in [5, 5.41) is 3.15. The molecule has 168 valence electrons. The molecule has 2 heterocycles. The quantitative estimate of drug-likeness (QED) is 0.524. The summed E-state index contributed by atoms with van der Waals surface area (Å²) in [6.07, 6.45) is 3.31. The highest BCUT2D eigenvalue weighted by atomic mass is 16.5. The molecule has 0 aliphatic carbocycles. The van der Waals surface area contributed by atoms with E-state index < -0.39 is 5.91 Å². The first-order valence-corrected chi connectivity index (χ1v) is 10.6. The third-order valence-electron chi connectivity index (χ3n) is 5.11. The maximum absolute atomic E-state index is 13.4. The van der Waals surface area contributed by atoms with Gasteiger partial charge in [-0.05, 0) is 61.4 Å². The van der Waals surface area contributed by atoms with Crippen molar-refractivity contribution >= 4 is 23.1 Å². The summed E-state index contributed by atoms with van der Waals surface area (Å²) in [6.45, 7) is 4.05. The van der Waals surface area contributed by atoms with Crippen molar-refractivity contribution in [3.63, 3.8) is 0 Å². The lowest BCUT2D eigenvalue weighted by molar-refractivity contribution is -0.137. The smallest absolute Gasteiger partial charge is 0.278 e. The number of methoxy groups -OCH3 is 1. The van der Waals surface area contributed by atoms with Gasteiger partial charge in [0.05, 0.1) is 25.3 Å². The molecule has 2 amide bonds. The Morgan fingerprint density at radius 2 is 1.67 bits per heavy atom. The number of carbonyl (C=O) groups excluding carboxylic acids is 2. The first kappa shape index (κ1) is 22.1. The molecule has 1 N–H and O–H groups in total. The zero-order valence-electron chi connectivity index (χ0n) is 18.7. The normalized spacial score (nSPS) is 13.6. The minimum Gasteiger partial charge on any atom is -0.497 e. The standard InChI is InChI=1S/C26H25N3O4/c1-17(2)33-21-9-7-19(8-10-21)23-24(28-20-5-4-6-22(15-20)32-3)26(31)29(25(23)30)16-18-11-13-27-14-12-18/h4-15,17,28H,16H2,1-3H3. The van der Waals surface area contributed by atoms with Gasteiger partial charge in [0.2, 0.25) is 0 Å². The fraction of sp³-hybridized carbons (Fsp3) is 0.192. The van der Waals surface area contributed by atoms with Crippen LogP contribution in [0.1, 0.15) is 25.0 Å². The van der Waals surface area contributed by atoms with E-state index >= 15 is 0 Å². The van der Waals surface area contributed by atoms with Crippen molar-refractivity contribution in [2.24, 2.45) is 0 Å². The van der Waals surface area contributed by atoms with Gasteiger partial charge >= 0.3 is 0 Å². The number of nitrogens with one attached hydrogen (secondary N) is 1. The maximum atomic E-state index is 13.4. The number of imide groups is 1. The van der Waals surface area contributed by atoms with E-state index in [-0.39, 0.29) is 24.3 Å². The average molecular weight is 444 g/mol. The van der Waals surface area contributed by atoms with Gasteiger partial charge in [0.15, 0.2) is 0 Å². The molecule has 3 aromatic rings. The molecule has 2 aromatic carbocycles. The lowest BCUT2D eigenvalue weighted by Gasteiger charge is -2.15. The number of hydrogen-bond acceptors (Lipinski definition) is 6. The summed E-state index contributed by atoms with van der Waals surface area (Å²) in [5.74, 6) is 0.585. The van der Waals surface area contributed by atoms with Crippen LogP contribution in [0.25, 0.3) is 5.57 Å². The monoisotopic (exact) mass is 443 g/mol. The number of rotatable bonds is 8. The Labute approximate surface area is 192 Å². The predicted octanol–water partition coefficient (Wildman–Crippen LogP) is 4.27. The van der Waals surface area contributed by atoms with E-state index in [9.17, 15) is 9.59 Å². The highest BCUT2D eigenvalue weighted by Gasteiger charge is 2.39. The van der Waals surface area contributed by atoms with E-state index in [1.54, 1.807) is 62.0 Å². The van der Waals surface area contributed by atoms with E-state index in [0.717, 1.165) is 5.56 Å². The number of ether oxygens (including phenoxy) is 2. The van der Waals surface area contributed by atoms with E-state index in [4.69, 9.17) is 9.47 Å². The lowest BCUT2D eigenvalue weighted by atomic mass is 10.0. The molecule has 4 rings (SSSR count). The van der Waals surface area contributed by atoms with Gasteiger partial charge in [0, 0.05) is 24.1 Å². The Bertz CT molecular complexity index is 1190. The van der Waals surface area contributed by atoms with Gasteiger partial charge in [-0.1, -0.05) is 18.2 Å². The Balaban J connectivity index is 1.72. The zero-order chi connectivity index (χ0) is 23.4. The Kier molecular flexibility index (Phi) is 6.40. The first-order chi connectivity index (χ1) is 16.0. The molecule has 1 aliphatic rings. The van der Waals surface area contributed by atoms with Crippen molar-refractivity contribution in [1.29, 1.82) is 0 Å². The Hall–Kier alpha value is -4.13. The summed E-state index contributed by atoms with van der Waals surface area (Å²) in [7, 11) is 1.57. The van der Waals surface area contributed by atoms with Gasteiger partial charge in [0.1, 0.15) is 17.2 Å². The molecular formula is C26H25N3O4. The lowest BCUT2D eigenvalue weighted by Crippen LogP contribution is -2.32. The van der Waals surface area contributed by atoms with Crippen LogP contribution in [0.2, 0.25) is 0 Å². The van der Waals surface area contributed by atoms with Crippen LogP contribution in [0.15, 0.2) is 78.8 Å².